The van der Waals surface area contributed by atoms with Crippen molar-refractivity contribution in [1.29, 1.82) is 0 Å². The highest BCUT2D eigenvalue weighted by molar-refractivity contribution is 5.38. The Labute approximate surface area is 120 Å². The highest BCUT2D eigenvalue weighted by atomic mass is 16.5. The Hall–Kier alpha value is -1.81. The third-order valence-corrected chi connectivity index (χ3v) is 3.40. The van der Waals surface area contributed by atoms with Gasteiger partial charge < -0.3 is 10.1 Å². The van der Waals surface area contributed by atoms with Gasteiger partial charge in [-0.25, -0.2) is 0 Å². The first kappa shape index (κ1) is 14.6. The molecular formula is C16H23N3O. The Morgan fingerprint density at radius 2 is 2.15 bits per heavy atom. The van der Waals surface area contributed by atoms with Crippen molar-refractivity contribution in [2.45, 2.75) is 26.3 Å². The van der Waals surface area contributed by atoms with Gasteiger partial charge in [0.15, 0.2) is 0 Å². The number of ether oxygens (including phenoxy) is 1. The minimum atomic E-state index is 0.205. The molecule has 1 unspecified atom stereocenters. The van der Waals surface area contributed by atoms with Crippen LogP contribution < -0.4 is 10.1 Å². The molecule has 108 valence electrons. The predicted octanol–water partition coefficient (Wildman–Crippen LogP) is 2.63. The van der Waals surface area contributed by atoms with Gasteiger partial charge in [-0.05, 0) is 37.6 Å². The molecule has 4 heteroatoms. The second-order valence-corrected chi connectivity index (χ2v) is 5.04. The van der Waals surface area contributed by atoms with Crippen molar-refractivity contribution < 1.29 is 4.74 Å². The van der Waals surface area contributed by atoms with Crippen LogP contribution in [0.15, 0.2) is 30.5 Å². The van der Waals surface area contributed by atoms with Gasteiger partial charge in [-0.3, -0.25) is 4.68 Å². The lowest BCUT2D eigenvalue weighted by molar-refractivity contribution is 0.405. The van der Waals surface area contributed by atoms with Gasteiger partial charge in [0.1, 0.15) is 5.75 Å². The van der Waals surface area contributed by atoms with Crippen molar-refractivity contribution in [2.75, 3.05) is 13.7 Å². The van der Waals surface area contributed by atoms with E-state index < -0.39 is 0 Å². The van der Waals surface area contributed by atoms with Crippen molar-refractivity contribution >= 4 is 0 Å². The summed E-state index contributed by atoms with van der Waals surface area (Å²) in [6.07, 6.45) is 2.85. The lowest BCUT2D eigenvalue weighted by Gasteiger charge is -2.18. The number of aryl methyl sites for hydroxylation is 2. The summed E-state index contributed by atoms with van der Waals surface area (Å²) in [5.74, 6) is 0.939. The van der Waals surface area contributed by atoms with Gasteiger partial charge >= 0.3 is 0 Å². The van der Waals surface area contributed by atoms with Crippen molar-refractivity contribution in [2.24, 2.45) is 7.05 Å². The van der Waals surface area contributed by atoms with Crippen LogP contribution in [0.5, 0.6) is 5.75 Å². The van der Waals surface area contributed by atoms with Gasteiger partial charge in [-0.1, -0.05) is 24.6 Å². The van der Waals surface area contributed by atoms with Gasteiger partial charge in [0.2, 0.25) is 0 Å². The van der Waals surface area contributed by atoms with Crippen LogP contribution in [0.2, 0.25) is 0 Å². The van der Waals surface area contributed by atoms with Crippen molar-refractivity contribution in [3.05, 3.63) is 47.3 Å². The summed E-state index contributed by atoms with van der Waals surface area (Å²) in [6, 6.07) is 8.57. The fourth-order valence-electron chi connectivity index (χ4n) is 2.43. The van der Waals surface area contributed by atoms with E-state index in [0.29, 0.717) is 0 Å². The van der Waals surface area contributed by atoms with Gasteiger partial charge in [-0.15, -0.1) is 0 Å². The Kier molecular flexibility index (Phi) is 4.79. The van der Waals surface area contributed by atoms with Gasteiger partial charge in [0.25, 0.3) is 0 Å². The highest BCUT2D eigenvalue weighted by Crippen LogP contribution is 2.25. The quantitative estimate of drug-likeness (QED) is 0.879. The van der Waals surface area contributed by atoms with Crippen LogP contribution in [0.1, 0.15) is 29.8 Å². The Balaban J connectivity index is 2.26. The smallest absolute Gasteiger partial charge is 0.122 e. The number of hydrogen-bond donors (Lipinski definition) is 1. The van der Waals surface area contributed by atoms with E-state index in [1.54, 1.807) is 7.11 Å². The standard InChI is InChI=1S/C16H23N3O/c1-5-17-15(14-8-9-19(3)18-14)11-13-10-12(2)6-7-16(13)20-4/h6-10,15,17H,5,11H2,1-4H3. The minimum absolute atomic E-state index is 0.205. The molecule has 0 saturated carbocycles. The van der Waals surface area contributed by atoms with Crippen LogP contribution in [-0.4, -0.2) is 23.4 Å². The molecule has 0 aliphatic heterocycles. The second kappa shape index (κ2) is 6.57. The molecule has 1 aromatic carbocycles. The molecule has 0 aliphatic rings. The number of benzene rings is 1. The van der Waals surface area contributed by atoms with Crippen molar-refractivity contribution in [3.63, 3.8) is 0 Å². The molecular weight excluding hydrogens is 250 g/mol. The molecule has 2 aromatic rings. The van der Waals surface area contributed by atoms with Gasteiger partial charge in [0.05, 0.1) is 18.8 Å². The van der Waals surface area contributed by atoms with E-state index in [4.69, 9.17) is 4.74 Å². The zero-order valence-electron chi connectivity index (χ0n) is 12.7. The average molecular weight is 273 g/mol. The molecule has 1 N–H and O–H groups in total. The van der Waals surface area contributed by atoms with E-state index in [-0.39, 0.29) is 6.04 Å². The van der Waals surface area contributed by atoms with E-state index in [0.717, 1.165) is 24.4 Å². The number of hydrogen-bond acceptors (Lipinski definition) is 3. The third-order valence-electron chi connectivity index (χ3n) is 3.40. The molecule has 0 saturated heterocycles. The second-order valence-electron chi connectivity index (χ2n) is 5.04. The van der Waals surface area contributed by atoms with Crippen LogP contribution in [0.25, 0.3) is 0 Å². The first-order chi connectivity index (χ1) is 9.63. The summed E-state index contributed by atoms with van der Waals surface area (Å²) >= 11 is 0. The van der Waals surface area contributed by atoms with Crippen LogP contribution >= 0.6 is 0 Å². The maximum absolute atomic E-state index is 5.47. The fourth-order valence-corrected chi connectivity index (χ4v) is 2.43. The average Bonchev–Trinajstić information content (AvgIpc) is 2.85. The predicted molar refractivity (Wildman–Crippen MR) is 81.1 cm³/mol. The molecule has 0 bridgehead atoms. The summed E-state index contributed by atoms with van der Waals surface area (Å²) in [5, 5.41) is 8.02. The van der Waals surface area contributed by atoms with E-state index in [2.05, 4.69) is 42.5 Å². The normalized spacial score (nSPS) is 12.4. The number of methoxy groups -OCH3 is 1. The molecule has 2 rings (SSSR count). The first-order valence-corrected chi connectivity index (χ1v) is 7.00. The molecule has 0 aliphatic carbocycles. The number of aromatic nitrogens is 2. The van der Waals surface area contributed by atoms with Crippen LogP contribution in [0.3, 0.4) is 0 Å². The van der Waals surface area contributed by atoms with Crippen LogP contribution in [0, 0.1) is 6.92 Å². The van der Waals surface area contributed by atoms with E-state index >= 15 is 0 Å². The molecule has 0 radical (unpaired) electrons. The highest BCUT2D eigenvalue weighted by Gasteiger charge is 2.16. The Morgan fingerprint density at radius 1 is 1.35 bits per heavy atom. The lowest BCUT2D eigenvalue weighted by atomic mass is 10.0. The molecule has 1 heterocycles. The van der Waals surface area contributed by atoms with Crippen molar-refractivity contribution in [3.8, 4) is 5.75 Å². The van der Waals surface area contributed by atoms with Crippen LogP contribution in [-0.2, 0) is 13.5 Å². The van der Waals surface area contributed by atoms with Crippen LogP contribution in [0.4, 0.5) is 0 Å². The van der Waals surface area contributed by atoms with Gasteiger partial charge in [0, 0.05) is 13.2 Å². The summed E-state index contributed by atoms with van der Waals surface area (Å²) in [4.78, 5) is 0. The molecule has 20 heavy (non-hydrogen) atoms. The maximum atomic E-state index is 5.47. The monoisotopic (exact) mass is 273 g/mol. The zero-order chi connectivity index (χ0) is 14.5. The number of nitrogens with one attached hydrogen (secondary N) is 1. The van der Waals surface area contributed by atoms with Crippen molar-refractivity contribution in [1.82, 2.24) is 15.1 Å². The van der Waals surface area contributed by atoms with E-state index in [9.17, 15) is 0 Å². The Morgan fingerprint density at radius 3 is 2.75 bits per heavy atom. The van der Waals surface area contributed by atoms with E-state index in [1.165, 1.54) is 11.1 Å². The SMILES string of the molecule is CCNC(Cc1cc(C)ccc1OC)c1ccn(C)n1. The maximum Gasteiger partial charge on any atom is 0.122 e. The number of likely N-dealkylation sites (N-methyl/N-ethyl adjacent to an activating group) is 1. The summed E-state index contributed by atoms with van der Waals surface area (Å²) < 4.78 is 7.31. The zero-order valence-corrected chi connectivity index (χ0v) is 12.7. The topological polar surface area (TPSA) is 39.1 Å². The molecule has 0 fully saturated rings. The summed E-state index contributed by atoms with van der Waals surface area (Å²) in [5.41, 5.74) is 3.53. The third kappa shape index (κ3) is 3.39. The summed E-state index contributed by atoms with van der Waals surface area (Å²) in [7, 11) is 3.66. The molecule has 0 amide bonds. The first-order valence-electron chi connectivity index (χ1n) is 7.00. The fraction of sp³-hybridized carbons (Fsp3) is 0.438. The summed E-state index contributed by atoms with van der Waals surface area (Å²) in [6.45, 7) is 5.13. The minimum Gasteiger partial charge on any atom is -0.496 e. The molecule has 1 aromatic heterocycles. The molecule has 4 nitrogen and oxygen atoms in total. The largest absolute Gasteiger partial charge is 0.496 e. The lowest BCUT2D eigenvalue weighted by Crippen LogP contribution is -2.23. The number of nitrogens with zero attached hydrogens (tertiary/aromatic N) is 2. The number of rotatable bonds is 6. The molecule has 1 atom stereocenters. The van der Waals surface area contributed by atoms with E-state index in [1.807, 2.05) is 24.0 Å². The Bertz CT molecular complexity index is 563. The molecule has 0 spiro atoms. The van der Waals surface area contributed by atoms with Gasteiger partial charge in [-0.2, -0.15) is 5.10 Å².